The lowest BCUT2D eigenvalue weighted by Gasteiger charge is -2.05. The fourth-order valence-corrected chi connectivity index (χ4v) is 1.62. The van der Waals surface area contributed by atoms with Crippen LogP contribution in [0.3, 0.4) is 0 Å². The van der Waals surface area contributed by atoms with Crippen molar-refractivity contribution in [1.29, 1.82) is 0 Å². The summed E-state index contributed by atoms with van der Waals surface area (Å²) in [6, 6.07) is 2.86. The molecular formula is C11H12ClN5O3. The zero-order chi connectivity index (χ0) is 14.7. The van der Waals surface area contributed by atoms with Crippen LogP contribution >= 0.6 is 11.6 Å². The number of nitrogens with one attached hydrogen (secondary N) is 2. The lowest BCUT2D eigenvalue weighted by molar-refractivity contribution is -0.385. The van der Waals surface area contributed by atoms with Gasteiger partial charge in [0.05, 0.1) is 16.0 Å². The third kappa shape index (κ3) is 3.35. The number of hydrogen-bond donors (Lipinski definition) is 2. The molecule has 2 aromatic heterocycles. The first-order chi connectivity index (χ1) is 9.45. The van der Waals surface area contributed by atoms with Crippen molar-refractivity contribution < 1.29 is 9.66 Å². The van der Waals surface area contributed by atoms with Gasteiger partial charge in [0.2, 0.25) is 5.88 Å². The van der Waals surface area contributed by atoms with Gasteiger partial charge in [-0.1, -0.05) is 11.6 Å². The van der Waals surface area contributed by atoms with E-state index in [9.17, 15) is 10.1 Å². The Hall–Kier alpha value is -2.35. The van der Waals surface area contributed by atoms with E-state index in [1.54, 1.807) is 6.07 Å². The molecule has 0 bridgehead atoms. The van der Waals surface area contributed by atoms with Crippen LogP contribution in [0.4, 0.5) is 17.3 Å². The molecule has 2 aromatic rings. The van der Waals surface area contributed by atoms with Gasteiger partial charge in [0.1, 0.15) is 12.0 Å². The SMILES string of the molecule is CC(C)Oc1cc(Nc2ncc([N+](=O)[O-])cc2Cl)[nH]n1. The minimum atomic E-state index is -0.562. The maximum absolute atomic E-state index is 10.6. The van der Waals surface area contributed by atoms with E-state index in [-0.39, 0.29) is 22.6 Å². The average Bonchev–Trinajstić information content (AvgIpc) is 2.78. The molecule has 9 heteroatoms. The second kappa shape index (κ2) is 5.74. The monoisotopic (exact) mass is 297 g/mol. The molecule has 2 heterocycles. The van der Waals surface area contributed by atoms with E-state index in [2.05, 4.69) is 20.5 Å². The van der Waals surface area contributed by atoms with E-state index >= 15 is 0 Å². The van der Waals surface area contributed by atoms with E-state index in [4.69, 9.17) is 16.3 Å². The highest BCUT2D eigenvalue weighted by molar-refractivity contribution is 6.33. The number of nitrogens with zero attached hydrogens (tertiary/aromatic N) is 3. The maximum atomic E-state index is 10.6. The first-order valence-electron chi connectivity index (χ1n) is 5.74. The Morgan fingerprint density at radius 1 is 1.50 bits per heavy atom. The number of halogens is 1. The normalized spacial score (nSPS) is 10.6. The molecule has 0 aliphatic heterocycles. The largest absolute Gasteiger partial charge is 0.474 e. The molecule has 106 valence electrons. The van der Waals surface area contributed by atoms with Crippen LogP contribution in [0.25, 0.3) is 0 Å². The molecule has 0 saturated heterocycles. The van der Waals surface area contributed by atoms with Crippen molar-refractivity contribution in [2.24, 2.45) is 0 Å². The molecule has 20 heavy (non-hydrogen) atoms. The molecule has 0 aliphatic rings. The fourth-order valence-electron chi connectivity index (χ4n) is 1.42. The molecule has 0 fully saturated rings. The van der Waals surface area contributed by atoms with Crippen molar-refractivity contribution in [1.82, 2.24) is 15.2 Å². The molecule has 0 atom stereocenters. The zero-order valence-corrected chi connectivity index (χ0v) is 11.5. The highest BCUT2D eigenvalue weighted by atomic mass is 35.5. The molecule has 0 spiro atoms. The summed E-state index contributed by atoms with van der Waals surface area (Å²) in [7, 11) is 0. The molecule has 0 unspecified atom stereocenters. The van der Waals surface area contributed by atoms with Gasteiger partial charge in [-0.05, 0) is 13.8 Å². The fraction of sp³-hybridized carbons (Fsp3) is 0.273. The van der Waals surface area contributed by atoms with Crippen LogP contribution in [0.15, 0.2) is 18.3 Å². The summed E-state index contributed by atoms with van der Waals surface area (Å²) in [4.78, 5) is 13.9. The number of pyridine rings is 1. The molecule has 0 saturated carbocycles. The Labute approximate surface area is 119 Å². The lowest BCUT2D eigenvalue weighted by atomic mass is 10.4. The number of anilines is 2. The first-order valence-corrected chi connectivity index (χ1v) is 6.12. The van der Waals surface area contributed by atoms with Crippen molar-refractivity contribution >= 4 is 28.9 Å². The van der Waals surface area contributed by atoms with E-state index in [0.29, 0.717) is 11.7 Å². The van der Waals surface area contributed by atoms with Gasteiger partial charge in [-0.3, -0.25) is 15.2 Å². The third-order valence-electron chi connectivity index (χ3n) is 2.20. The predicted molar refractivity (Wildman–Crippen MR) is 73.5 cm³/mol. The van der Waals surface area contributed by atoms with Crippen LogP contribution in [-0.4, -0.2) is 26.2 Å². The van der Waals surface area contributed by atoms with Gasteiger partial charge in [-0.25, -0.2) is 4.98 Å². The average molecular weight is 298 g/mol. The Balaban J connectivity index is 2.13. The van der Waals surface area contributed by atoms with Crippen molar-refractivity contribution in [3.8, 4) is 5.88 Å². The van der Waals surface area contributed by atoms with Crippen LogP contribution in [0.1, 0.15) is 13.8 Å². The molecule has 0 aliphatic carbocycles. The highest BCUT2D eigenvalue weighted by Gasteiger charge is 2.12. The standard InChI is InChI=1S/C11H12ClN5O3/c1-6(2)20-10-4-9(15-16-10)14-11-8(12)3-7(5-13-11)17(18)19/h3-6H,1-2H3,(H2,13,14,15,16). The first kappa shape index (κ1) is 14.1. The summed E-state index contributed by atoms with van der Waals surface area (Å²) < 4.78 is 5.39. The number of H-pyrrole nitrogens is 1. The summed E-state index contributed by atoms with van der Waals surface area (Å²) in [5.41, 5.74) is -0.172. The highest BCUT2D eigenvalue weighted by Crippen LogP contribution is 2.27. The Morgan fingerprint density at radius 2 is 2.25 bits per heavy atom. The zero-order valence-electron chi connectivity index (χ0n) is 10.8. The number of ether oxygens (including phenoxy) is 1. The maximum Gasteiger partial charge on any atom is 0.289 e. The van der Waals surface area contributed by atoms with Crippen LogP contribution in [0, 0.1) is 10.1 Å². The summed E-state index contributed by atoms with van der Waals surface area (Å²) in [5, 5.41) is 20.2. The van der Waals surface area contributed by atoms with E-state index < -0.39 is 4.92 Å². The molecule has 0 aromatic carbocycles. The smallest absolute Gasteiger partial charge is 0.289 e. The summed E-state index contributed by atoms with van der Waals surface area (Å²) in [6.07, 6.45) is 1.13. The molecular weight excluding hydrogens is 286 g/mol. The number of nitro groups is 1. The molecule has 2 rings (SSSR count). The lowest BCUT2D eigenvalue weighted by Crippen LogP contribution is -2.05. The summed E-state index contributed by atoms with van der Waals surface area (Å²) in [6.45, 7) is 3.77. The summed E-state index contributed by atoms with van der Waals surface area (Å²) in [5.74, 6) is 1.24. The van der Waals surface area contributed by atoms with Crippen molar-refractivity contribution in [3.63, 3.8) is 0 Å². The quantitative estimate of drug-likeness (QED) is 0.649. The third-order valence-corrected chi connectivity index (χ3v) is 2.49. The van der Waals surface area contributed by atoms with Gasteiger partial charge in [0.15, 0.2) is 5.82 Å². The predicted octanol–water partition coefficient (Wildman–Crippen LogP) is 2.90. The summed E-state index contributed by atoms with van der Waals surface area (Å²) >= 11 is 5.92. The Kier molecular flexibility index (Phi) is 4.04. The van der Waals surface area contributed by atoms with Gasteiger partial charge in [0, 0.05) is 12.1 Å². The van der Waals surface area contributed by atoms with Gasteiger partial charge >= 0.3 is 0 Å². The molecule has 2 N–H and O–H groups in total. The molecule has 8 nitrogen and oxygen atoms in total. The van der Waals surface area contributed by atoms with Crippen LogP contribution in [0.5, 0.6) is 5.88 Å². The number of hydrogen-bond acceptors (Lipinski definition) is 6. The van der Waals surface area contributed by atoms with Crippen molar-refractivity contribution in [2.75, 3.05) is 5.32 Å². The van der Waals surface area contributed by atoms with Gasteiger partial charge < -0.3 is 10.1 Å². The minimum Gasteiger partial charge on any atom is -0.474 e. The second-order valence-electron chi connectivity index (χ2n) is 4.19. The number of rotatable bonds is 5. The van der Waals surface area contributed by atoms with Crippen LogP contribution in [0.2, 0.25) is 5.02 Å². The number of aromatic nitrogens is 3. The molecule has 0 radical (unpaired) electrons. The van der Waals surface area contributed by atoms with Crippen LogP contribution < -0.4 is 10.1 Å². The Morgan fingerprint density at radius 3 is 2.85 bits per heavy atom. The van der Waals surface area contributed by atoms with Gasteiger partial charge in [-0.15, -0.1) is 5.10 Å². The van der Waals surface area contributed by atoms with E-state index in [1.165, 1.54) is 6.07 Å². The second-order valence-corrected chi connectivity index (χ2v) is 4.60. The van der Waals surface area contributed by atoms with E-state index in [0.717, 1.165) is 6.20 Å². The van der Waals surface area contributed by atoms with E-state index in [1.807, 2.05) is 13.8 Å². The van der Waals surface area contributed by atoms with Gasteiger partial charge in [-0.2, -0.15) is 0 Å². The minimum absolute atomic E-state index is 0.00670. The Bertz CT molecular complexity index is 628. The van der Waals surface area contributed by atoms with Crippen molar-refractivity contribution in [2.45, 2.75) is 20.0 Å². The van der Waals surface area contributed by atoms with Crippen molar-refractivity contribution in [3.05, 3.63) is 33.5 Å². The van der Waals surface area contributed by atoms with Crippen LogP contribution in [-0.2, 0) is 0 Å². The number of aromatic amines is 1. The topological polar surface area (TPSA) is 106 Å². The van der Waals surface area contributed by atoms with Gasteiger partial charge in [0.25, 0.3) is 5.69 Å². The molecule has 0 amide bonds.